The molecule has 0 aliphatic carbocycles. The van der Waals surface area contributed by atoms with E-state index in [9.17, 15) is 4.39 Å². The van der Waals surface area contributed by atoms with Gasteiger partial charge >= 0.3 is 0 Å². The molecule has 18 heavy (non-hydrogen) atoms. The number of nitriles is 1. The zero-order chi connectivity index (χ0) is 13.1. The van der Waals surface area contributed by atoms with Crippen molar-refractivity contribution in [2.45, 2.75) is 6.92 Å². The number of hydrogen-bond acceptors (Lipinski definition) is 3. The molecule has 1 heterocycles. The zero-order valence-corrected chi connectivity index (χ0v) is 10.1. The van der Waals surface area contributed by atoms with Crippen LogP contribution in [0, 0.1) is 24.1 Å². The molecular weight excluding hydrogens is 231 g/mol. The van der Waals surface area contributed by atoms with Crippen LogP contribution in [0.25, 0.3) is 11.1 Å². The minimum Gasteiger partial charge on any atom is -0.481 e. The third-order valence-corrected chi connectivity index (χ3v) is 2.63. The molecule has 90 valence electrons. The molecule has 1 aromatic heterocycles. The zero-order valence-electron chi connectivity index (χ0n) is 10.1. The molecule has 0 N–H and O–H groups in total. The molecule has 0 radical (unpaired) electrons. The fourth-order valence-corrected chi connectivity index (χ4v) is 1.72. The average molecular weight is 242 g/mol. The van der Waals surface area contributed by atoms with Crippen molar-refractivity contribution in [3.8, 4) is 23.1 Å². The van der Waals surface area contributed by atoms with E-state index in [2.05, 4.69) is 11.1 Å². The Morgan fingerprint density at radius 2 is 2.06 bits per heavy atom. The van der Waals surface area contributed by atoms with Gasteiger partial charge in [-0.1, -0.05) is 11.6 Å². The van der Waals surface area contributed by atoms with Gasteiger partial charge in [0.25, 0.3) is 0 Å². The number of ether oxygens (including phenoxy) is 1. The quantitative estimate of drug-likeness (QED) is 0.813. The molecule has 0 atom stereocenters. The maximum absolute atomic E-state index is 13.8. The first kappa shape index (κ1) is 12.1. The van der Waals surface area contributed by atoms with Gasteiger partial charge in [0, 0.05) is 17.2 Å². The standard InChI is InChI=1S/C14H11FN2O/c1-9-3-4-10(7-16)11(5-9)12-6-14(18-2)17-8-13(12)15/h3-6,8H,1-2H3. The van der Waals surface area contributed by atoms with Crippen LogP contribution in [0.5, 0.6) is 5.88 Å². The topological polar surface area (TPSA) is 45.9 Å². The summed E-state index contributed by atoms with van der Waals surface area (Å²) < 4.78 is 18.8. The van der Waals surface area contributed by atoms with Gasteiger partial charge in [0.05, 0.1) is 24.9 Å². The Hall–Kier alpha value is -2.41. The Balaban J connectivity index is 2.68. The van der Waals surface area contributed by atoms with E-state index in [1.54, 1.807) is 12.1 Å². The number of aromatic nitrogens is 1. The van der Waals surface area contributed by atoms with E-state index in [-0.39, 0.29) is 0 Å². The van der Waals surface area contributed by atoms with Crippen molar-refractivity contribution in [2.24, 2.45) is 0 Å². The molecule has 0 unspecified atom stereocenters. The van der Waals surface area contributed by atoms with Gasteiger partial charge in [-0.25, -0.2) is 9.37 Å². The summed E-state index contributed by atoms with van der Waals surface area (Å²) in [6, 6.07) is 8.82. The number of methoxy groups -OCH3 is 1. The van der Waals surface area contributed by atoms with Gasteiger partial charge in [0.1, 0.15) is 5.82 Å². The Morgan fingerprint density at radius 1 is 1.28 bits per heavy atom. The summed E-state index contributed by atoms with van der Waals surface area (Å²) in [6.45, 7) is 1.89. The number of pyridine rings is 1. The van der Waals surface area contributed by atoms with Crippen molar-refractivity contribution in [2.75, 3.05) is 7.11 Å². The third-order valence-electron chi connectivity index (χ3n) is 2.63. The van der Waals surface area contributed by atoms with Crippen molar-refractivity contribution in [3.05, 3.63) is 47.4 Å². The van der Waals surface area contributed by atoms with Crippen LogP contribution in [0.1, 0.15) is 11.1 Å². The normalized spacial score (nSPS) is 9.89. The lowest BCUT2D eigenvalue weighted by Gasteiger charge is -2.08. The number of nitrogens with zero attached hydrogens (tertiary/aromatic N) is 2. The SMILES string of the molecule is COc1cc(-c2cc(C)ccc2C#N)c(F)cn1. The van der Waals surface area contributed by atoms with Crippen LogP contribution in [-0.4, -0.2) is 12.1 Å². The van der Waals surface area contributed by atoms with E-state index in [1.807, 2.05) is 13.0 Å². The number of benzene rings is 1. The van der Waals surface area contributed by atoms with E-state index in [0.29, 0.717) is 22.6 Å². The lowest BCUT2D eigenvalue weighted by atomic mass is 9.98. The molecule has 0 fully saturated rings. The first-order valence-corrected chi connectivity index (χ1v) is 5.36. The predicted octanol–water partition coefficient (Wildman–Crippen LogP) is 3.08. The summed E-state index contributed by atoms with van der Waals surface area (Å²) in [5.74, 6) is -0.158. The van der Waals surface area contributed by atoms with E-state index < -0.39 is 5.82 Å². The molecule has 2 aromatic rings. The van der Waals surface area contributed by atoms with Gasteiger partial charge in [-0.05, 0) is 19.1 Å². The predicted molar refractivity (Wildman–Crippen MR) is 65.6 cm³/mol. The highest BCUT2D eigenvalue weighted by molar-refractivity contribution is 5.72. The molecule has 0 aliphatic heterocycles. The average Bonchev–Trinajstić information content (AvgIpc) is 2.39. The van der Waals surface area contributed by atoms with Crippen molar-refractivity contribution < 1.29 is 9.13 Å². The van der Waals surface area contributed by atoms with E-state index in [1.165, 1.54) is 13.2 Å². The summed E-state index contributed by atoms with van der Waals surface area (Å²) >= 11 is 0. The van der Waals surface area contributed by atoms with Crippen molar-refractivity contribution >= 4 is 0 Å². The van der Waals surface area contributed by atoms with Crippen LogP contribution in [0.3, 0.4) is 0 Å². The molecule has 0 saturated heterocycles. The number of halogens is 1. The number of hydrogen-bond donors (Lipinski definition) is 0. The van der Waals surface area contributed by atoms with Crippen molar-refractivity contribution in [3.63, 3.8) is 0 Å². The highest BCUT2D eigenvalue weighted by Gasteiger charge is 2.12. The monoisotopic (exact) mass is 242 g/mol. The minimum atomic E-state index is -0.474. The maximum Gasteiger partial charge on any atom is 0.213 e. The lowest BCUT2D eigenvalue weighted by molar-refractivity contribution is 0.396. The van der Waals surface area contributed by atoms with Crippen LogP contribution in [0.4, 0.5) is 4.39 Å². The fourth-order valence-electron chi connectivity index (χ4n) is 1.72. The summed E-state index contributed by atoms with van der Waals surface area (Å²) in [5, 5.41) is 9.07. The van der Waals surface area contributed by atoms with Gasteiger partial charge in [0.15, 0.2) is 0 Å². The molecule has 0 aliphatic rings. The van der Waals surface area contributed by atoms with E-state index in [0.717, 1.165) is 11.8 Å². The van der Waals surface area contributed by atoms with Gasteiger partial charge in [-0.15, -0.1) is 0 Å². The second-order valence-electron chi connectivity index (χ2n) is 3.87. The third kappa shape index (κ3) is 2.16. The van der Waals surface area contributed by atoms with Gasteiger partial charge in [-0.3, -0.25) is 0 Å². The van der Waals surface area contributed by atoms with E-state index in [4.69, 9.17) is 10.00 Å². The van der Waals surface area contributed by atoms with E-state index >= 15 is 0 Å². The maximum atomic E-state index is 13.8. The van der Waals surface area contributed by atoms with Crippen LogP contribution >= 0.6 is 0 Å². The molecular formula is C14H11FN2O. The summed E-state index contributed by atoms with van der Waals surface area (Å²) in [4.78, 5) is 3.78. The summed E-state index contributed by atoms with van der Waals surface area (Å²) in [5.41, 5.74) is 2.25. The van der Waals surface area contributed by atoms with Crippen LogP contribution in [0.15, 0.2) is 30.5 Å². The van der Waals surface area contributed by atoms with Crippen molar-refractivity contribution in [1.82, 2.24) is 4.98 Å². The van der Waals surface area contributed by atoms with Crippen molar-refractivity contribution in [1.29, 1.82) is 5.26 Å². The summed E-state index contributed by atoms with van der Waals surface area (Å²) in [7, 11) is 1.46. The fraction of sp³-hybridized carbons (Fsp3) is 0.143. The first-order chi connectivity index (χ1) is 8.65. The smallest absolute Gasteiger partial charge is 0.213 e. The van der Waals surface area contributed by atoms with Gasteiger partial charge in [0.2, 0.25) is 5.88 Å². The Morgan fingerprint density at radius 3 is 2.72 bits per heavy atom. The number of rotatable bonds is 2. The Labute approximate surface area is 104 Å². The highest BCUT2D eigenvalue weighted by Crippen LogP contribution is 2.29. The molecule has 0 spiro atoms. The van der Waals surface area contributed by atoms with Crippen LogP contribution < -0.4 is 4.74 Å². The molecule has 0 saturated carbocycles. The second kappa shape index (κ2) is 4.84. The largest absolute Gasteiger partial charge is 0.481 e. The first-order valence-electron chi connectivity index (χ1n) is 5.36. The number of aryl methyl sites for hydroxylation is 1. The lowest BCUT2D eigenvalue weighted by Crippen LogP contribution is -1.94. The molecule has 0 bridgehead atoms. The Kier molecular flexibility index (Phi) is 3.24. The molecule has 0 amide bonds. The van der Waals surface area contributed by atoms with Crippen LogP contribution in [-0.2, 0) is 0 Å². The highest BCUT2D eigenvalue weighted by atomic mass is 19.1. The molecule has 3 nitrogen and oxygen atoms in total. The minimum absolute atomic E-state index is 0.316. The Bertz CT molecular complexity index is 632. The van der Waals surface area contributed by atoms with Gasteiger partial charge < -0.3 is 4.74 Å². The summed E-state index contributed by atoms with van der Waals surface area (Å²) in [6.07, 6.45) is 1.09. The molecule has 2 rings (SSSR count). The second-order valence-corrected chi connectivity index (χ2v) is 3.87. The molecule has 1 aromatic carbocycles. The molecule has 4 heteroatoms. The van der Waals surface area contributed by atoms with Gasteiger partial charge in [-0.2, -0.15) is 5.26 Å². The van der Waals surface area contributed by atoms with Crippen LogP contribution in [0.2, 0.25) is 0 Å².